The molecule has 32 heavy (non-hydrogen) atoms. The van der Waals surface area contributed by atoms with Gasteiger partial charge in [-0.2, -0.15) is 5.10 Å². The van der Waals surface area contributed by atoms with Gasteiger partial charge >= 0.3 is 5.69 Å². The Labute approximate surface area is 189 Å². The highest BCUT2D eigenvalue weighted by molar-refractivity contribution is 6.31. The molecule has 1 fully saturated rings. The summed E-state index contributed by atoms with van der Waals surface area (Å²) in [6, 6.07) is 11.8. The largest absolute Gasteiger partial charge is 0.336 e. The summed E-state index contributed by atoms with van der Waals surface area (Å²) in [5.74, 6) is -0.379. The average molecular weight is 458 g/mol. The first-order chi connectivity index (χ1) is 15.4. The standard InChI is InChI=1S/C22H21ClFN5O3/c23-20-2-1-3-21(24)19(20)15-26-8-10-27(11-9-26)22(30)17-6-4-16(5-7-17)13-28-14-18(12-25-28)29(31)32/h1-7,12,14H,8-11,13,15H2. The van der Waals surface area contributed by atoms with Crippen LogP contribution in [0.4, 0.5) is 10.1 Å². The van der Waals surface area contributed by atoms with E-state index in [4.69, 9.17) is 11.6 Å². The second kappa shape index (κ2) is 9.46. The zero-order valence-electron chi connectivity index (χ0n) is 17.2. The van der Waals surface area contributed by atoms with Crippen LogP contribution in [0.1, 0.15) is 21.5 Å². The highest BCUT2D eigenvalue weighted by atomic mass is 35.5. The number of hydrogen-bond donors (Lipinski definition) is 0. The van der Waals surface area contributed by atoms with E-state index in [1.807, 2.05) is 12.1 Å². The molecule has 1 aliphatic rings. The smallest absolute Gasteiger partial charge is 0.307 e. The molecular weight excluding hydrogens is 437 g/mol. The summed E-state index contributed by atoms with van der Waals surface area (Å²) in [5, 5.41) is 15.1. The van der Waals surface area contributed by atoms with Crippen molar-refractivity contribution in [2.24, 2.45) is 0 Å². The molecular formula is C22H21ClFN5O3. The van der Waals surface area contributed by atoms with E-state index in [2.05, 4.69) is 10.00 Å². The number of aromatic nitrogens is 2. The molecule has 166 valence electrons. The summed E-state index contributed by atoms with van der Waals surface area (Å²) in [4.78, 5) is 27.0. The first-order valence-electron chi connectivity index (χ1n) is 10.1. The number of halogens is 2. The Morgan fingerprint density at radius 1 is 1.09 bits per heavy atom. The molecule has 1 amide bonds. The van der Waals surface area contributed by atoms with Crippen LogP contribution >= 0.6 is 11.6 Å². The monoisotopic (exact) mass is 457 g/mol. The van der Waals surface area contributed by atoms with Gasteiger partial charge in [-0.05, 0) is 29.8 Å². The number of piperazine rings is 1. The maximum absolute atomic E-state index is 14.0. The van der Waals surface area contributed by atoms with Crippen molar-refractivity contribution in [2.75, 3.05) is 26.2 Å². The van der Waals surface area contributed by atoms with Crippen molar-refractivity contribution >= 4 is 23.2 Å². The molecule has 2 aromatic carbocycles. The van der Waals surface area contributed by atoms with Gasteiger partial charge in [-0.1, -0.05) is 29.8 Å². The molecule has 0 N–H and O–H groups in total. The van der Waals surface area contributed by atoms with Gasteiger partial charge in [0.15, 0.2) is 0 Å². The van der Waals surface area contributed by atoms with E-state index in [0.717, 1.165) is 5.56 Å². The van der Waals surface area contributed by atoms with Crippen LogP contribution < -0.4 is 0 Å². The van der Waals surface area contributed by atoms with E-state index in [1.54, 1.807) is 29.2 Å². The SMILES string of the molecule is O=C(c1ccc(Cn2cc([N+](=O)[O-])cn2)cc1)N1CCN(Cc2c(F)cccc2Cl)CC1. The van der Waals surface area contributed by atoms with Crippen molar-refractivity contribution < 1.29 is 14.1 Å². The summed E-state index contributed by atoms with van der Waals surface area (Å²) in [5.41, 5.74) is 1.87. The van der Waals surface area contributed by atoms with E-state index >= 15 is 0 Å². The molecule has 0 spiro atoms. The normalized spacial score (nSPS) is 14.5. The Morgan fingerprint density at radius 3 is 2.44 bits per heavy atom. The van der Waals surface area contributed by atoms with Crippen LogP contribution in [-0.4, -0.2) is 56.6 Å². The number of benzene rings is 2. The van der Waals surface area contributed by atoms with E-state index in [-0.39, 0.29) is 17.4 Å². The van der Waals surface area contributed by atoms with Crippen LogP contribution in [-0.2, 0) is 13.1 Å². The molecule has 1 aliphatic heterocycles. The van der Waals surface area contributed by atoms with Gasteiger partial charge < -0.3 is 4.90 Å². The van der Waals surface area contributed by atoms with Crippen molar-refractivity contribution in [3.63, 3.8) is 0 Å². The molecule has 2 heterocycles. The highest BCUT2D eigenvalue weighted by Crippen LogP contribution is 2.22. The number of rotatable bonds is 6. The maximum Gasteiger partial charge on any atom is 0.307 e. The minimum absolute atomic E-state index is 0.0603. The molecule has 1 saturated heterocycles. The molecule has 8 nitrogen and oxygen atoms in total. The zero-order valence-corrected chi connectivity index (χ0v) is 17.9. The fourth-order valence-electron chi connectivity index (χ4n) is 3.67. The van der Waals surface area contributed by atoms with Gasteiger partial charge in [0.05, 0.1) is 11.5 Å². The Hall–Kier alpha value is -3.30. The number of carbonyl (C=O) groups is 1. The fraction of sp³-hybridized carbons (Fsp3) is 0.273. The molecule has 0 atom stereocenters. The van der Waals surface area contributed by atoms with Crippen molar-refractivity contribution in [1.82, 2.24) is 19.6 Å². The summed E-state index contributed by atoms with van der Waals surface area (Å²) >= 11 is 6.12. The van der Waals surface area contributed by atoms with Gasteiger partial charge in [-0.15, -0.1) is 0 Å². The van der Waals surface area contributed by atoms with E-state index in [1.165, 1.54) is 23.1 Å². The van der Waals surface area contributed by atoms with Gasteiger partial charge in [-0.25, -0.2) is 4.39 Å². The van der Waals surface area contributed by atoms with Crippen molar-refractivity contribution in [3.05, 3.63) is 92.5 Å². The molecule has 0 saturated carbocycles. The molecule has 3 aromatic rings. The Morgan fingerprint density at radius 2 is 1.81 bits per heavy atom. The number of hydrogen-bond acceptors (Lipinski definition) is 5. The summed E-state index contributed by atoms with van der Waals surface area (Å²) < 4.78 is 15.5. The minimum atomic E-state index is -0.490. The van der Waals surface area contributed by atoms with Crippen molar-refractivity contribution in [3.8, 4) is 0 Å². The molecule has 4 rings (SSSR count). The first-order valence-corrected chi connectivity index (χ1v) is 10.5. The highest BCUT2D eigenvalue weighted by Gasteiger charge is 2.23. The molecule has 0 bridgehead atoms. The van der Waals surface area contributed by atoms with E-state index in [0.29, 0.717) is 55.4 Å². The molecule has 0 unspecified atom stereocenters. The van der Waals surface area contributed by atoms with Gasteiger partial charge in [0, 0.05) is 48.9 Å². The lowest BCUT2D eigenvalue weighted by molar-refractivity contribution is -0.385. The van der Waals surface area contributed by atoms with Gasteiger partial charge in [0.2, 0.25) is 0 Å². The maximum atomic E-state index is 14.0. The third-order valence-corrected chi connectivity index (χ3v) is 5.83. The van der Waals surface area contributed by atoms with E-state index < -0.39 is 4.92 Å². The van der Waals surface area contributed by atoms with Crippen molar-refractivity contribution in [2.45, 2.75) is 13.1 Å². The zero-order chi connectivity index (χ0) is 22.7. The summed E-state index contributed by atoms with van der Waals surface area (Å²) in [6.07, 6.45) is 2.57. The van der Waals surface area contributed by atoms with Crippen LogP contribution in [0, 0.1) is 15.9 Å². The van der Waals surface area contributed by atoms with Crippen LogP contribution in [0.2, 0.25) is 5.02 Å². The van der Waals surface area contributed by atoms with E-state index in [9.17, 15) is 19.3 Å². The van der Waals surface area contributed by atoms with Crippen molar-refractivity contribution in [1.29, 1.82) is 0 Å². The Bertz CT molecular complexity index is 1110. The second-order valence-corrected chi connectivity index (χ2v) is 8.03. The molecule has 1 aromatic heterocycles. The molecule has 10 heteroatoms. The van der Waals surface area contributed by atoms with Crippen LogP contribution in [0.5, 0.6) is 0 Å². The minimum Gasteiger partial charge on any atom is -0.336 e. The predicted octanol–water partition coefficient (Wildman–Crippen LogP) is 3.59. The lowest BCUT2D eigenvalue weighted by Crippen LogP contribution is -2.48. The molecule has 0 radical (unpaired) electrons. The summed E-state index contributed by atoms with van der Waals surface area (Å²) in [7, 11) is 0. The predicted molar refractivity (Wildman–Crippen MR) is 117 cm³/mol. The Balaban J connectivity index is 1.32. The van der Waals surface area contributed by atoms with Gasteiger partial charge in [-0.3, -0.25) is 24.5 Å². The van der Waals surface area contributed by atoms with Crippen LogP contribution in [0.25, 0.3) is 0 Å². The Kier molecular flexibility index (Phi) is 6.48. The average Bonchev–Trinajstić information content (AvgIpc) is 3.26. The number of carbonyl (C=O) groups excluding carboxylic acids is 1. The van der Waals surface area contributed by atoms with Gasteiger partial charge in [0.25, 0.3) is 5.91 Å². The fourth-order valence-corrected chi connectivity index (χ4v) is 3.89. The summed E-state index contributed by atoms with van der Waals surface area (Å²) in [6.45, 7) is 3.14. The number of nitrogens with zero attached hydrogens (tertiary/aromatic N) is 5. The molecule has 0 aliphatic carbocycles. The van der Waals surface area contributed by atoms with Crippen LogP contribution in [0.3, 0.4) is 0 Å². The van der Waals surface area contributed by atoms with Gasteiger partial charge in [0.1, 0.15) is 18.2 Å². The third-order valence-electron chi connectivity index (χ3n) is 5.48. The number of nitro groups is 1. The third kappa shape index (κ3) is 4.95. The first kappa shape index (κ1) is 21.9. The number of amides is 1. The second-order valence-electron chi connectivity index (χ2n) is 7.62. The topological polar surface area (TPSA) is 84.5 Å². The quantitative estimate of drug-likeness (QED) is 0.417. The van der Waals surface area contributed by atoms with Crippen LogP contribution in [0.15, 0.2) is 54.9 Å². The lowest BCUT2D eigenvalue weighted by Gasteiger charge is -2.35. The lowest BCUT2D eigenvalue weighted by atomic mass is 10.1.